The number of benzene rings is 2. The minimum atomic E-state index is 0.487. The number of hydrogen-bond acceptors (Lipinski definition) is 1. The van der Waals surface area contributed by atoms with Gasteiger partial charge in [-0.05, 0) is 60.5 Å². The van der Waals surface area contributed by atoms with Crippen LogP contribution in [0.5, 0.6) is 0 Å². The lowest BCUT2D eigenvalue weighted by atomic mass is 9.99. The van der Waals surface area contributed by atoms with Crippen LogP contribution in [0.25, 0.3) is 0 Å². The number of halogens is 2. The van der Waals surface area contributed by atoms with Gasteiger partial charge in [0.05, 0.1) is 10.7 Å². The first-order chi connectivity index (χ1) is 10.5. The minimum Gasteiger partial charge on any atom is -0.332 e. The summed E-state index contributed by atoms with van der Waals surface area (Å²) >= 11 is 17.3. The molecule has 2 aromatic carbocycles. The number of rotatable bonds is 4. The molecule has 2 rings (SSSR count). The van der Waals surface area contributed by atoms with Crippen molar-refractivity contribution in [2.24, 2.45) is 0 Å². The molecule has 1 atom stereocenters. The lowest BCUT2D eigenvalue weighted by molar-refractivity contribution is 0.734. The average Bonchev–Trinajstić information content (AvgIpc) is 2.50. The van der Waals surface area contributed by atoms with E-state index in [0.717, 1.165) is 17.8 Å². The van der Waals surface area contributed by atoms with E-state index < -0.39 is 0 Å². The molecule has 0 aliphatic rings. The highest BCUT2D eigenvalue weighted by atomic mass is 35.5. The first-order valence-electron chi connectivity index (χ1n) is 7.12. The van der Waals surface area contributed by atoms with E-state index >= 15 is 0 Å². The fourth-order valence-electron chi connectivity index (χ4n) is 2.01. The molecule has 0 aliphatic heterocycles. The summed E-state index contributed by atoms with van der Waals surface area (Å²) < 4.78 is 0. The van der Waals surface area contributed by atoms with E-state index in [2.05, 4.69) is 36.6 Å². The van der Waals surface area contributed by atoms with Crippen molar-refractivity contribution in [3.05, 3.63) is 58.1 Å². The molecule has 5 heteroatoms. The zero-order valence-corrected chi connectivity index (χ0v) is 14.8. The highest BCUT2D eigenvalue weighted by Gasteiger charge is 2.05. The Hall–Kier alpha value is -1.29. The van der Waals surface area contributed by atoms with Gasteiger partial charge in [0.15, 0.2) is 5.11 Å². The third kappa shape index (κ3) is 4.60. The van der Waals surface area contributed by atoms with E-state index in [9.17, 15) is 0 Å². The van der Waals surface area contributed by atoms with Gasteiger partial charge in [0.2, 0.25) is 0 Å². The molecular weight excluding hydrogens is 335 g/mol. The molecule has 2 aromatic rings. The smallest absolute Gasteiger partial charge is 0.175 e. The minimum absolute atomic E-state index is 0.487. The standard InChI is InChI=1S/C17H18Cl2N2S/c1-3-11(2)12-4-7-14(8-5-12)20-17(22)21-16-9-6-13(18)10-15(16)19/h4-11H,3H2,1-2H3,(H2,20,21,22). The van der Waals surface area contributed by atoms with Crippen LogP contribution in [0.4, 0.5) is 11.4 Å². The van der Waals surface area contributed by atoms with Gasteiger partial charge in [-0.25, -0.2) is 0 Å². The maximum Gasteiger partial charge on any atom is 0.175 e. The lowest BCUT2D eigenvalue weighted by Gasteiger charge is -2.13. The Morgan fingerprint density at radius 3 is 2.36 bits per heavy atom. The summed E-state index contributed by atoms with van der Waals surface area (Å²) in [4.78, 5) is 0. The van der Waals surface area contributed by atoms with Crippen LogP contribution in [0, 0.1) is 0 Å². The summed E-state index contributed by atoms with van der Waals surface area (Å²) in [5.41, 5.74) is 2.99. The molecular formula is C17H18Cl2N2S. The molecule has 0 radical (unpaired) electrons. The third-order valence-corrected chi connectivity index (χ3v) is 4.28. The number of anilines is 2. The molecule has 116 valence electrons. The maximum absolute atomic E-state index is 6.11. The quantitative estimate of drug-likeness (QED) is 0.629. The van der Waals surface area contributed by atoms with E-state index in [0.29, 0.717) is 21.1 Å². The summed E-state index contributed by atoms with van der Waals surface area (Å²) in [5.74, 6) is 0.562. The van der Waals surface area contributed by atoms with Crippen LogP contribution in [0.2, 0.25) is 10.0 Å². The molecule has 2 nitrogen and oxygen atoms in total. The highest BCUT2D eigenvalue weighted by Crippen LogP contribution is 2.26. The number of thiocarbonyl (C=S) groups is 1. The van der Waals surface area contributed by atoms with E-state index in [1.165, 1.54) is 5.56 Å². The molecule has 0 saturated heterocycles. The van der Waals surface area contributed by atoms with Crippen LogP contribution in [-0.4, -0.2) is 5.11 Å². The van der Waals surface area contributed by atoms with Crippen molar-refractivity contribution in [1.29, 1.82) is 0 Å². The van der Waals surface area contributed by atoms with Crippen molar-refractivity contribution in [2.45, 2.75) is 26.2 Å². The van der Waals surface area contributed by atoms with Crippen molar-refractivity contribution in [2.75, 3.05) is 10.6 Å². The second kappa shape index (κ2) is 7.82. The van der Waals surface area contributed by atoms with Gasteiger partial charge < -0.3 is 10.6 Å². The van der Waals surface area contributed by atoms with Crippen LogP contribution < -0.4 is 10.6 Å². The van der Waals surface area contributed by atoms with Crippen LogP contribution in [0.1, 0.15) is 31.7 Å². The van der Waals surface area contributed by atoms with Gasteiger partial charge in [-0.1, -0.05) is 49.2 Å². The molecule has 0 bridgehead atoms. The van der Waals surface area contributed by atoms with Crippen LogP contribution in [-0.2, 0) is 0 Å². The molecule has 0 spiro atoms. The van der Waals surface area contributed by atoms with E-state index in [4.69, 9.17) is 35.4 Å². The summed E-state index contributed by atoms with van der Waals surface area (Å²) in [5, 5.41) is 7.82. The predicted molar refractivity (Wildman–Crippen MR) is 101 cm³/mol. The van der Waals surface area contributed by atoms with E-state index in [-0.39, 0.29) is 0 Å². The maximum atomic E-state index is 6.11. The van der Waals surface area contributed by atoms with Crippen LogP contribution in [0.15, 0.2) is 42.5 Å². The topological polar surface area (TPSA) is 24.1 Å². The molecule has 2 N–H and O–H groups in total. The average molecular weight is 353 g/mol. The summed E-state index contributed by atoms with van der Waals surface area (Å²) in [7, 11) is 0. The summed E-state index contributed by atoms with van der Waals surface area (Å²) in [6.07, 6.45) is 1.13. The SMILES string of the molecule is CCC(C)c1ccc(NC(=S)Nc2ccc(Cl)cc2Cl)cc1. The Kier molecular flexibility index (Phi) is 6.07. The Labute approximate surface area is 146 Å². The first-order valence-corrected chi connectivity index (χ1v) is 8.29. The van der Waals surface area contributed by atoms with Gasteiger partial charge in [-0.15, -0.1) is 0 Å². The molecule has 1 unspecified atom stereocenters. The van der Waals surface area contributed by atoms with Gasteiger partial charge in [0.1, 0.15) is 0 Å². The summed E-state index contributed by atoms with van der Waals surface area (Å²) in [6, 6.07) is 13.5. The Bertz CT molecular complexity index is 656. The third-order valence-electron chi connectivity index (χ3n) is 3.53. The van der Waals surface area contributed by atoms with Gasteiger partial charge in [0.25, 0.3) is 0 Å². The summed E-state index contributed by atoms with van der Waals surface area (Å²) in [6.45, 7) is 4.41. The van der Waals surface area contributed by atoms with E-state index in [1.807, 2.05) is 12.1 Å². The lowest BCUT2D eigenvalue weighted by Crippen LogP contribution is -2.19. The Morgan fingerprint density at radius 2 is 1.77 bits per heavy atom. The molecule has 0 aromatic heterocycles. The van der Waals surface area contributed by atoms with Gasteiger partial charge in [-0.3, -0.25) is 0 Å². The fraction of sp³-hybridized carbons (Fsp3) is 0.235. The van der Waals surface area contributed by atoms with E-state index in [1.54, 1.807) is 18.2 Å². The number of hydrogen-bond donors (Lipinski definition) is 2. The molecule has 0 fully saturated rings. The van der Waals surface area contributed by atoms with Crippen LogP contribution in [0.3, 0.4) is 0 Å². The number of nitrogens with one attached hydrogen (secondary N) is 2. The zero-order chi connectivity index (χ0) is 16.1. The molecule has 0 amide bonds. The van der Waals surface area contributed by atoms with Crippen LogP contribution >= 0.6 is 35.4 Å². The monoisotopic (exact) mass is 352 g/mol. The molecule has 0 heterocycles. The van der Waals surface area contributed by atoms with Crippen molar-refractivity contribution < 1.29 is 0 Å². The van der Waals surface area contributed by atoms with Gasteiger partial charge >= 0.3 is 0 Å². The molecule has 0 saturated carbocycles. The normalized spacial score (nSPS) is 11.8. The zero-order valence-electron chi connectivity index (χ0n) is 12.5. The predicted octanol–water partition coefficient (Wildman–Crippen LogP) is 6.32. The highest BCUT2D eigenvalue weighted by molar-refractivity contribution is 7.80. The van der Waals surface area contributed by atoms with Gasteiger partial charge in [-0.2, -0.15) is 0 Å². The second-order valence-electron chi connectivity index (χ2n) is 5.13. The first kappa shape index (κ1) is 17.1. The largest absolute Gasteiger partial charge is 0.332 e. The second-order valence-corrected chi connectivity index (χ2v) is 6.39. The van der Waals surface area contributed by atoms with Crippen molar-refractivity contribution in [3.8, 4) is 0 Å². The van der Waals surface area contributed by atoms with Gasteiger partial charge in [0, 0.05) is 10.7 Å². The van der Waals surface area contributed by atoms with Crippen molar-refractivity contribution >= 4 is 51.9 Å². The Morgan fingerprint density at radius 1 is 1.09 bits per heavy atom. The molecule has 22 heavy (non-hydrogen) atoms. The molecule has 0 aliphatic carbocycles. The fourth-order valence-corrected chi connectivity index (χ4v) is 2.69. The Balaban J connectivity index is 1.99. The van der Waals surface area contributed by atoms with Crippen molar-refractivity contribution in [1.82, 2.24) is 0 Å². The van der Waals surface area contributed by atoms with Crippen molar-refractivity contribution in [3.63, 3.8) is 0 Å².